The number of hydrogen-bond acceptors (Lipinski definition) is 2. The van der Waals surface area contributed by atoms with E-state index < -0.39 is 5.97 Å². The molecule has 0 spiro atoms. The smallest absolute Gasteiger partial charge is 0.303 e. The highest BCUT2D eigenvalue weighted by molar-refractivity contribution is 5.89. The lowest BCUT2D eigenvalue weighted by molar-refractivity contribution is -0.137. The van der Waals surface area contributed by atoms with Crippen LogP contribution in [0.1, 0.15) is 51.9 Å². The highest BCUT2D eigenvalue weighted by Crippen LogP contribution is 2.01. The minimum absolute atomic E-state index is 0.161. The summed E-state index contributed by atoms with van der Waals surface area (Å²) in [5, 5.41) is 8.41. The van der Waals surface area contributed by atoms with Crippen LogP contribution in [-0.2, 0) is 9.59 Å². The van der Waals surface area contributed by atoms with Gasteiger partial charge in [-0.15, -0.1) is 0 Å². The molecule has 0 aliphatic carbocycles. The summed E-state index contributed by atoms with van der Waals surface area (Å²) in [4.78, 5) is 21.5. The van der Waals surface area contributed by atoms with Crippen LogP contribution in [0.25, 0.3) is 0 Å². The van der Waals surface area contributed by atoms with E-state index in [2.05, 4.69) is 6.92 Å². The van der Waals surface area contributed by atoms with Crippen LogP contribution in [0.5, 0.6) is 0 Å². The SMILES string of the molecule is CCCCCC(=O)/C=C/C=C\CCCC(=O)O. The number of aliphatic carboxylic acids is 1. The molecule has 0 unspecified atom stereocenters. The van der Waals surface area contributed by atoms with Crippen LogP contribution in [0.2, 0.25) is 0 Å². The molecule has 0 aromatic carbocycles. The minimum Gasteiger partial charge on any atom is -0.481 e. The summed E-state index contributed by atoms with van der Waals surface area (Å²) in [7, 11) is 0. The van der Waals surface area contributed by atoms with Crippen LogP contribution in [0.15, 0.2) is 24.3 Å². The molecule has 0 aliphatic heterocycles. The van der Waals surface area contributed by atoms with Gasteiger partial charge in [-0.1, -0.05) is 38.0 Å². The van der Waals surface area contributed by atoms with Gasteiger partial charge in [0.1, 0.15) is 0 Å². The molecule has 3 nitrogen and oxygen atoms in total. The molecule has 0 radical (unpaired) electrons. The Kier molecular flexibility index (Phi) is 10.2. The monoisotopic (exact) mass is 238 g/mol. The van der Waals surface area contributed by atoms with E-state index in [4.69, 9.17) is 5.11 Å². The van der Waals surface area contributed by atoms with Crippen LogP contribution < -0.4 is 0 Å². The Labute approximate surface area is 103 Å². The van der Waals surface area contributed by atoms with Gasteiger partial charge in [0.2, 0.25) is 0 Å². The molecular formula is C14H22O3. The number of hydrogen-bond donors (Lipinski definition) is 1. The maximum atomic E-state index is 11.3. The molecule has 3 heteroatoms. The largest absolute Gasteiger partial charge is 0.481 e. The topological polar surface area (TPSA) is 54.4 Å². The highest BCUT2D eigenvalue weighted by Gasteiger charge is 1.94. The van der Waals surface area contributed by atoms with E-state index in [-0.39, 0.29) is 12.2 Å². The Morgan fingerprint density at radius 3 is 2.47 bits per heavy atom. The third kappa shape index (κ3) is 12.6. The van der Waals surface area contributed by atoms with Gasteiger partial charge in [-0.05, 0) is 25.3 Å². The van der Waals surface area contributed by atoms with Gasteiger partial charge in [0, 0.05) is 12.8 Å². The Morgan fingerprint density at radius 1 is 1.06 bits per heavy atom. The summed E-state index contributed by atoms with van der Waals surface area (Å²) in [5.74, 6) is -0.603. The third-order valence-electron chi connectivity index (χ3n) is 2.32. The van der Waals surface area contributed by atoms with Gasteiger partial charge >= 0.3 is 5.97 Å². The number of carbonyl (C=O) groups excluding carboxylic acids is 1. The van der Waals surface area contributed by atoms with Gasteiger partial charge in [-0.2, -0.15) is 0 Å². The standard InChI is InChI=1S/C14H22O3/c1-2-3-7-10-13(15)11-8-5-4-6-9-12-14(16)17/h4-5,8,11H,2-3,6-7,9-10,12H2,1H3,(H,16,17)/b5-4-,11-8+. The molecule has 0 atom stereocenters. The number of ketones is 1. The molecule has 1 N–H and O–H groups in total. The highest BCUT2D eigenvalue weighted by atomic mass is 16.4. The summed E-state index contributed by atoms with van der Waals surface area (Å²) >= 11 is 0. The fourth-order valence-corrected chi connectivity index (χ4v) is 1.34. The van der Waals surface area contributed by atoms with Gasteiger partial charge in [-0.3, -0.25) is 9.59 Å². The molecule has 96 valence electrons. The Morgan fingerprint density at radius 2 is 1.82 bits per heavy atom. The Bertz CT molecular complexity index is 277. The van der Waals surface area contributed by atoms with Crippen LogP contribution >= 0.6 is 0 Å². The second kappa shape index (κ2) is 11.1. The van der Waals surface area contributed by atoms with Crippen molar-refractivity contribution in [2.24, 2.45) is 0 Å². The van der Waals surface area contributed by atoms with Gasteiger partial charge in [0.15, 0.2) is 5.78 Å². The van der Waals surface area contributed by atoms with Crippen molar-refractivity contribution in [3.8, 4) is 0 Å². The van der Waals surface area contributed by atoms with E-state index in [1.54, 1.807) is 18.2 Å². The van der Waals surface area contributed by atoms with Crippen LogP contribution in [0, 0.1) is 0 Å². The fourth-order valence-electron chi connectivity index (χ4n) is 1.34. The fraction of sp³-hybridized carbons (Fsp3) is 0.571. The van der Waals surface area contributed by atoms with Crippen molar-refractivity contribution >= 4 is 11.8 Å². The Balaban J connectivity index is 3.53. The second-order valence-electron chi connectivity index (χ2n) is 4.00. The molecule has 0 saturated heterocycles. The third-order valence-corrected chi connectivity index (χ3v) is 2.32. The molecule has 17 heavy (non-hydrogen) atoms. The van der Waals surface area contributed by atoms with E-state index in [1.807, 2.05) is 6.08 Å². The summed E-state index contributed by atoms with van der Waals surface area (Å²) in [5.41, 5.74) is 0. The van der Waals surface area contributed by atoms with Gasteiger partial charge < -0.3 is 5.11 Å². The number of unbranched alkanes of at least 4 members (excludes halogenated alkanes) is 3. The van der Waals surface area contributed by atoms with Crippen LogP contribution in [0.3, 0.4) is 0 Å². The maximum Gasteiger partial charge on any atom is 0.303 e. The van der Waals surface area contributed by atoms with E-state index in [9.17, 15) is 9.59 Å². The average Bonchev–Trinajstić information content (AvgIpc) is 2.28. The lowest BCUT2D eigenvalue weighted by atomic mass is 10.1. The average molecular weight is 238 g/mol. The zero-order valence-corrected chi connectivity index (χ0v) is 10.5. The summed E-state index contributed by atoms with van der Waals surface area (Å²) in [6.07, 6.45) is 12.4. The molecule has 0 aromatic heterocycles. The van der Waals surface area contributed by atoms with E-state index in [1.165, 1.54) is 0 Å². The minimum atomic E-state index is -0.764. The molecule has 0 amide bonds. The molecule has 0 aromatic rings. The number of carboxylic acids is 1. The van der Waals surface area contributed by atoms with Crippen molar-refractivity contribution < 1.29 is 14.7 Å². The first-order chi connectivity index (χ1) is 8.16. The molecule has 0 saturated carbocycles. The van der Waals surface area contributed by atoms with Gasteiger partial charge in [0.25, 0.3) is 0 Å². The molecule has 0 aliphatic rings. The van der Waals surface area contributed by atoms with Crippen molar-refractivity contribution in [2.75, 3.05) is 0 Å². The quantitative estimate of drug-likeness (QED) is 0.360. The molecule has 0 fully saturated rings. The predicted molar refractivity (Wildman–Crippen MR) is 68.9 cm³/mol. The summed E-state index contributed by atoms with van der Waals surface area (Å²) in [6.45, 7) is 2.11. The van der Waals surface area contributed by atoms with Crippen molar-refractivity contribution in [3.05, 3.63) is 24.3 Å². The number of carbonyl (C=O) groups is 2. The second-order valence-corrected chi connectivity index (χ2v) is 4.00. The lowest BCUT2D eigenvalue weighted by Crippen LogP contribution is -1.92. The van der Waals surface area contributed by atoms with Gasteiger partial charge in [-0.25, -0.2) is 0 Å². The maximum absolute atomic E-state index is 11.3. The first-order valence-corrected chi connectivity index (χ1v) is 6.24. The molecular weight excluding hydrogens is 216 g/mol. The predicted octanol–water partition coefficient (Wildman–Crippen LogP) is 3.50. The van der Waals surface area contributed by atoms with Crippen molar-refractivity contribution in [2.45, 2.75) is 51.9 Å². The Hall–Kier alpha value is -1.38. The lowest BCUT2D eigenvalue weighted by Gasteiger charge is -1.93. The number of allylic oxidation sites excluding steroid dienone is 4. The normalized spacial score (nSPS) is 11.4. The van der Waals surface area contributed by atoms with Crippen LogP contribution in [0.4, 0.5) is 0 Å². The van der Waals surface area contributed by atoms with Crippen LogP contribution in [-0.4, -0.2) is 16.9 Å². The van der Waals surface area contributed by atoms with Crippen molar-refractivity contribution in [1.29, 1.82) is 0 Å². The number of carboxylic acid groups (broad SMARTS) is 1. The zero-order valence-electron chi connectivity index (χ0n) is 10.5. The first kappa shape index (κ1) is 15.6. The molecule has 0 rings (SSSR count). The number of rotatable bonds is 10. The van der Waals surface area contributed by atoms with Crippen molar-refractivity contribution in [3.63, 3.8) is 0 Å². The van der Waals surface area contributed by atoms with E-state index in [0.29, 0.717) is 12.8 Å². The van der Waals surface area contributed by atoms with E-state index >= 15 is 0 Å². The van der Waals surface area contributed by atoms with Crippen molar-refractivity contribution in [1.82, 2.24) is 0 Å². The summed E-state index contributed by atoms with van der Waals surface area (Å²) in [6, 6.07) is 0. The first-order valence-electron chi connectivity index (χ1n) is 6.24. The zero-order chi connectivity index (χ0) is 12.9. The molecule has 0 heterocycles. The van der Waals surface area contributed by atoms with E-state index in [0.717, 1.165) is 25.7 Å². The summed E-state index contributed by atoms with van der Waals surface area (Å²) < 4.78 is 0. The molecule has 0 bridgehead atoms. The van der Waals surface area contributed by atoms with Gasteiger partial charge in [0.05, 0.1) is 0 Å².